The number of rotatable bonds is 6. The van der Waals surface area contributed by atoms with E-state index in [2.05, 4.69) is 19.6 Å². The lowest BCUT2D eigenvalue weighted by atomic mass is 10.1. The lowest BCUT2D eigenvalue weighted by Crippen LogP contribution is -2.14. The molecule has 0 aliphatic heterocycles. The highest BCUT2D eigenvalue weighted by Gasteiger charge is 2.09. The van der Waals surface area contributed by atoms with E-state index in [4.69, 9.17) is 4.74 Å². The van der Waals surface area contributed by atoms with Crippen LogP contribution in [0.1, 0.15) is 19.8 Å². The van der Waals surface area contributed by atoms with E-state index in [9.17, 15) is 8.78 Å². The molecule has 0 heterocycles. The molecule has 1 aromatic rings. The molecule has 16 heavy (non-hydrogen) atoms. The van der Waals surface area contributed by atoms with Crippen molar-refractivity contribution in [3.05, 3.63) is 29.8 Å². The molecular formula is C12H16F2OS. The molecule has 1 unspecified atom stereocenters. The number of benzene rings is 1. The van der Waals surface area contributed by atoms with Gasteiger partial charge in [-0.2, -0.15) is 12.6 Å². The standard InChI is InChI=1S/C12H16F2OS/c1-2-3-9(8-16)7-15-12-6-10(13)4-5-11(12)14/h4-6,9,16H,2-3,7-8H2,1H3. The Morgan fingerprint density at radius 1 is 1.38 bits per heavy atom. The van der Waals surface area contributed by atoms with Gasteiger partial charge in [0.1, 0.15) is 5.82 Å². The van der Waals surface area contributed by atoms with Gasteiger partial charge in [-0.05, 0) is 24.3 Å². The normalized spacial score (nSPS) is 12.5. The van der Waals surface area contributed by atoms with Crippen LogP contribution < -0.4 is 4.74 Å². The summed E-state index contributed by atoms with van der Waals surface area (Å²) >= 11 is 4.19. The summed E-state index contributed by atoms with van der Waals surface area (Å²) in [5, 5.41) is 0. The van der Waals surface area contributed by atoms with Crippen molar-refractivity contribution in [1.82, 2.24) is 0 Å². The monoisotopic (exact) mass is 246 g/mol. The van der Waals surface area contributed by atoms with Gasteiger partial charge in [0.05, 0.1) is 6.61 Å². The van der Waals surface area contributed by atoms with Crippen molar-refractivity contribution < 1.29 is 13.5 Å². The third kappa shape index (κ3) is 4.00. The van der Waals surface area contributed by atoms with E-state index >= 15 is 0 Å². The number of hydrogen-bond donors (Lipinski definition) is 1. The topological polar surface area (TPSA) is 9.23 Å². The maximum absolute atomic E-state index is 13.2. The van der Waals surface area contributed by atoms with E-state index in [1.54, 1.807) is 0 Å². The number of halogens is 2. The van der Waals surface area contributed by atoms with Crippen LogP contribution in [-0.2, 0) is 0 Å². The molecule has 0 aromatic heterocycles. The van der Waals surface area contributed by atoms with Gasteiger partial charge in [0, 0.05) is 12.0 Å². The molecule has 0 saturated heterocycles. The summed E-state index contributed by atoms with van der Waals surface area (Å²) in [6, 6.07) is 3.21. The molecule has 1 nitrogen and oxygen atoms in total. The van der Waals surface area contributed by atoms with Crippen LogP contribution in [0.2, 0.25) is 0 Å². The fourth-order valence-electron chi connectivity index (χ4n) is 1.43. The van der Waals surface area contributed by atoms with Gasteiger partial charge in [-0.1, -0.05) is 13.3 Å². The van der Waals surface area contributed by atoms with Crippen LogP contribution in [0.15, 0.2) is 18.2 Å². The fourth-order valence-corrected chi connectivity index (χ4v) is 1.72. The molecule has 90 valence electrons. The predicted octanol–water partition coefficient (Wildman–Crippen LogP) is 3.69. The minimum absolute atomic E-state index is 0.0251. The third-order valence-corrected chi connectivity index (χ3v) is 2.84. The van der Waals surface area contributed by atoms with Crippen LogP contribution in [0.3, 0.4) is 0 Å². The Balaban J connectivity index is 2.55. The zero-order valence-corrected chi connectivity index (χ0v) is 10.1. The molecule has 4 heteroatoms. The molecule has 0 bridgehead atoms. The van der Waals surface area contributed by atoms with Crippen LogP contribution in [0.4, 0.5) is 8.78 Å². The largest absolute Gasteiger partial charge is 0.490 e. The van der Waals surface area contributed by atoms with Crippen molar-refractivity contribution >= 4 is 12.6 Å². The van der Waals surface area contributed by atoms with Crippen molar-refractivity contribution in [3.63, 3.8) is 0 Å². The van der Waals surface area contributed by atoms with E-state index in [1.807, 2.05) is 0 Å². The first-order valence-corrected chi connectivity index (χ1v) is 5.99. The number of ether oxygens (including phenoxy) is 1. The lowest BCUT2D eigenvalue weighted by molar-refractivity contribution is 0.243. The van der Waals surface area contributed by atoms with Gasteiger partial charge < -0.3 is 4.74 Å². The molecule has 1 atom stereocenters. The molecule has 0 aliphatic carbocycles. The summed E-state index contributed by atoms with van der Waals surface area (Å²) in [5.74, 6) is -0.0888. The highest BCUT2D eigenvalue weighted by Crippen LogP contribution is 2.19. The van der Waals surface area contributed by atoms with Crippen LogP contribution >= 0.6 is 12.6 Å². The van der Waals surface area contributed by atoms with Gasteiger partial charge in [-0.15, -0.1) is 0 Å². The molecular weight excluding hydrogens is 230 g/mol. The number of hydrogen-bond acceptors (Lipinski definition) is 2. The maximum Gasteiger partial charge on any atom is 0.165 e. The molecule has 0 saturated carbocycles. The van der Waals surface area contributed by atoms with Crippen molar-refractivity contribution in [2.45, 2.75) is 19.8 Å². The van der Waals surface area contributed by atoms with Gasteiger partial charge in [-0.3, -0.25) is 0 Å². The van der Waals surface area contributed by atoms with Crippen LogP contribution in [0.5, 0.6) is 5.75 Å². The van der Waals surface area contributed by atoms with Crippen molar-refractivity contribution in [1.29, 1.82) is 0 Å². The number of thiol groups is 1. The lowest BCUT2D eigenvalue weighted by Gasteiger charge is -2.14. The van der Waals surface area contributed by atoms with Crippen LogP contribution in [0.25, 0.3) is 0 Å². The SMILES string of the molecule is CCCC(CS)COc1cc(F)ccc1F. The highest BCUT2D eigenvalue weighted by molar-refractivity contribution is 7.80. The average Bonchev–Trinajstić information content (AvgIpc) is 2.28. The smallest absolute Gasteiger partial charge is 0.165 e. The maximum atomic E-state index is 13.2. The van der Waals surface area contributed by atoms with Gasteiger partial charge in [0.2, 0.25) is 0 Å². The van der Waals surface area contributed by atoms with Crippen LogP contribution in [0, 0.1) is 17.6 Å². The summed E-state index contributed by atoms with van der Waals surface area (Å²) in [6.45, 7) is 2.44. The van der Waals surface area contributed by atoms with E-state index in [0.29, 0.717) is 12.4 Å². The molecule has 0 radical (unpaired) electrons. The van der Waals surface area contributed by atoms with Gasteiger partial charge in [-0.25, -0.2) is 8.78 Å². The predicted molar refractivity (Wildman–Crippen MR) is 64.1 cm³/mol. The van der Waals surface area contributed by atoms with Gasteiger partial charge in [0.25, 0.3) is 0 Å². The Hall–Kier alpha value is -0.770. The Kier molecular flexibility index (Phi) is 5.60. The van der Waals surface area contributed by atoms with Crippen molar-refractivity contribution in [2.24, 2.45) is 5.92 Å². The zero-order valence-electron chi connectivity index (χ0n) is 9.25. The quantitative estimate of drug-likeness (QED) is 0.753. The minimum Gasteiger partial charge on any atom is -0.490 e. The summed E-state index contributed by atoms with van der Waals surface area (Å²) in [5.41, 5.74) is 0. The van der Waals surface area contributed by atoms with E-state index < -0.39 is 11.6 Å². The second-order valence-corrected chi connectivity index (χ2v) is 4.09. The minimum atomic E-state index is -0.532. The summed E-state index contributed by atoms with van der Waals surface area (Å²) in [7, 11) is 0. The molecule has 1 aromatic carbocycles. The first-order valence-electron chi connectivity index (χ1n) is 5.36. The van der Waals surface area contributed by atoms with E-state index in [1.165, 1.54) is 0 Å². The van der Waals surface area contributed by atoms with E-state index in [-0.39, 0.29) is 11.7 Å². The molecule has 0 fully saturated rings. The second-order valence-electron chi connectivity index (χ2n) is 3.72. The van der Waals surface area contributed by atoms with Crippen molar-refractivity contribution in [2.75, 3.05) is 12.4 Å². The molecule has 0 aliphatic rings. The molecule has 0 spiro atoms. The Bertz CT molecular complexity index is 331. The summed E-state index contributed by atoms with van der Waals surface area (Å²) in [4.78, 5) is 0. The second kappa shape index (κ2) is 6.74. The first-order chi connectivity index (χ1) is 7.67. The Labute approximate surface area is 100 Å². The van der Waals surface area contributed by atoms with E-state index in [0.717, 1.165) is 31.0 Å². The fraction of sp³-hybridized carbons (Fsp3) is 0.500. The first kappa shape index (κ1) is 13.3. The summed E-state index contributed by atoms with van der Waals surface area (Å²) < 4.78 is 31.3. The molecule has 1 rings (SSSR count). The van der Waals surface area contributed by atoms with Gasteiger partial charge >= 0.3 is 0 Å². The molecule has 0 N–H and O–H groups in total. The average molecular weight is 246 g/mol. The Morgan fingerprint density at radius 2 is 2.12 bits per heavy atom. The molecule has 0 amide bonds. The summed E-state index contributed by atoms with van der Waals surface area (Å²) in [6.07, 6.45) is 2.00. The highest BCUT2D eigenvalue weighted by atomic mass is 32.1. The zero-order chi connectivity index (χ0) is 12.0. The van der Waals surface area contributed by atoms with Crippen molar-refractivity contribution in [3.8, 4) is 5.75 Å². The third-order valence-electron chi connectivity index (χ3n) is 2.32. The van der Waals surface area contributed by atoms with Gasteiger partial charge in [0.15, 0.2) is 11.6 Å². The Morgan fingerprint density at radius 3 is 2.75 bits per heavy atom. The van der Waals surface area contributed by atoms with Crippen LogP contribution in [-0.4, -0.2) is 12.4 Å².